The van der Waals surface area contributed by atoms with E-state index < -0.39 is 25.1 Å². The number of anilines is 1. The molecular formula is C10H13BrN2O4S2. The summed E-state index contributed by atoms with van der Waals surface area (Å²) in [7, 11) is -6.63. The third-order valence-corrected chi connectivity index (χ3v) is 6.98. The lowest BCUT2D eigenvalue weighted by Crippen LogP contribution is -2.36. The van der Waals surface area contributed by atoms with Crippen molar-refractivity contribution in [1.82, 2.24) is 4.98 Å². The fraction of sp³-hybridized carbons (Fsp3) is 0.500. The highest BCUT2D eigenvalue weighted by Gasteiger charge is 2.32. The van der Waals surface area contributed by atoms with Gasteiger partial charge in [0.1, 0.15) is 14.4 Å². The van der Waals surface area contributed by atoms with E-state index in [1.165, 1.54) is 6.20 Å². The Morgan fingerprint density at radius 1 is 1.26 bits per heavy atom. The summed E-state index contributed by atoms with van der Waals surface area (Å²) in [4.78, 5) is 3.93. The molecule has 2 heterocycles. The van der Waals surface area contributed by atoms with Gasteiger partial charge >= 0.3 is 0 Å². The summed E-state index contributed by atoms with van der Waals surface area (Å²) in [6.07, 6.45) is 1.68. The summed E-state index contributed by atoms with van der Waals surface area (Å²) in [6.45, 7) is 0. The average molecular weight is 369 g/mol. The molecule has 2 rings (SSSR count). The van der Waals surface area contributed by atoms with Crippen LogP contribution >= 0.6 is 15.9 Å². The summed E-state index contributed by atoms with van der Waals surface area (Å²) < 4.78 is 49.8. The molecule has 0 spiro atoms. The van der Waals surface area contributed by atoms with Crippen molar-refractivity contribution >= 4 is 41.5 Å². The topological polar surface area (TPSA) is 93.2 Å². The fourth-order valence-electron chi connectivity index (χ4n) is 1.86. The van der Waals surface area contributed by atoms with Gasteiger partial charge in [-0.3, -0.25) is 4.72 Å². The molecule has 0 unspecified atom stereocenters. The first-order valence-corrected chi connectivity index (χ1v) is 9.78. The normalized spacial score (nSPS) is 20.1. The van der Waals surface area contributed by atoms with Crippen LogP contribution in [0, 0.1) is 0 Å². The molecule has 0 radical (unpaired) electrons. The van der Waals surface area contributed by atoms with E-state index in [-0.39, 0.29) is 24.3 Å². The molecule has 0 atom stereocenters. The van der Waals surface area contributed by atoms with E-state index in [0.29, 0.717) is 10.3 Å². The maximum absolute atomic E-state index is 12.1. The lowest BCUT2D eigenvalue weighted by atomic mass is 10.2. The van der Waals surface area contributed by atoms with Crippen LogP contribution in [0.1, 0.15) is 12.8 Å². The number of sulfone groups is 1. The van der Waals surface area contributed by atoms with Gasteiger partial charge in [-0.25, -0.2) is 21.8 Å². The van der Waals surface area contributed by atoms with Gasteiger partial charge in [0.05, 0.1) is 28.6 Å². The molecule has 9 heteroatoms. The molecule has 6 nitrogen and oxygen atoms in total. The predicted molar refractivity (Wildman–Crippen MR) is 76.2 cm³/mol. The molecule has 0 aliphatic carbocycles. The number of aromatic nitrogens is 1. The van der Waals surface area contributed by atoms with Crippen LogP contribution in [-0.2, 0) is 19.9 Å². The Bertz CT molecular complexity index is 641. The standard InChI is InChI=1S/C10H13BrN2O4S2/c11-10-2-1-8(7-12-10)13-19(16,17)9-3-5-18(14,15)6-4-9/h1-2,7,9,13H,3-6H2. The van der Waals surface area contributed by atoms with Gasteiger partial charge < -0.3 is 0 Å². The molecule has 0 aromatic carbocycles. The molecule has 1 aliphatic heterocycles. The molecule has 1 fully saturated rings. The number of pyridine rings is 1. The van der Waals surface area contributed by atoms with Crippen LogP contribution in [-0.4, -0.2) is 38.6 Å². The van der Waals surface area contributed by atoms with E-state index >= 15 is 0 Å². The Kier molecular flexibility index (Phi) is 4.17. The Labute approximate surface area is 120 Å². The zero-order chi connectivity index (χ0) is 14.1. The van der Waals surface area contributed by atoms with Crippen molar-refractivity contribution in [3.05, 3.63) is 22.9 Å². The number of hydrogen-bond acceptors (Lipinski definition) is 5. The highest BCUT2D eigenvalue weighted by atomic mass is 79.9. The Hall–Kier alpha value is -0.670. The number of sulfonamides is 1. The van der Waals surface area contributed by atoms with E-state index in [0.717, 1.165) is 0 Å². The minimum absolute atomic E-state index is 0.0723. The Balaban J connectivity index is 2.09. The van der Waals surface area contributed by atoms with E-state index in [4.69, 9.17) is 0 Å². The van der Waals surface area contributed by atoms with Gasteiger partial charge in [-0.05, 0) is 40.9 Å². The maximum Gasteiger partial charge on any atom is 0.235 e. The number of hydrogen-bond donors (Lipinski definition) is 1. The van der Waals surface area contributed by atoms with Crippen LogP contribution in [0.5, 0.6) is 0 Å². The molecule has 1 aliphatic rings. The molecule has 1 N–H and O–H groups in total. The van der Waals surface area contributed by atoms with Gasteiger partial charge in [-0.15, -0.1) is 0 Å². The fourth-order valence-corrected chi connectivity index (χ4v) is 5.36. The van der Waals surface area contributed by atoms with Crippen molar-refractivity contribution in [1.29, 1.82) is 0 Å². The van der Waals surface area contributed by atoms with Gasteiger partial charge in [0, 0.05) is 0 Å². The van der Waals surface area contributed by atoms with Crippen LogP contribution in [0.25, 0.3) is 0 Å². The van der Waals surface area contributed by atoms with Gasteiger partial charge in [-0.1, -0.05) is 0 Å². The molecule has 106 valence electrons. The van der Waals surface area contributed by atoms with Gasteiger partial charge in [0.2, 0.25) is 10.0 Å². The summed E-state index contributed by atoms with van der Waals surface area (Å²) in [5.41, 5.74) is 0.372. The third kappa shape index (κ3) is 3.90. The van der Waals surface area contributed by atoms with Crippen LogP contribution in [0.3, 0.4) is 0 Å². The van der Waals surface area contributed by atoms with Crippen molar-refractivity contribution in [3.63, 3.8) is 0 Å². The van der Waals surface area contributed by atoms with Crippen LogP contribution in [0.4, 0.5) is 5.69 Å². The number of nitrogens with zero attached hydrogens (tertiary/aromatic N) is 1. The lowest BCUT2D eigenvalue weighted by molar-refractivity contribution is 0.555. The minimum atomic E-state index is -3.57. The molecule has 0 bridgehead atoms. The highest BCUT2D eigenvalue weighted by Crippen LogP contribution is 2.21. The quantitative estimate of drug-likeness (QED) is 0.808. The molecule has 1 aromatic rings. The van der Waals surface area contributed by atoms with E-state index in [1.54, 1.807) is 12.1 Å². The molecule has 0 amide bonds. The monoisotopic (exact) mass is 368 g/mol. The zero-order valence-corrected chi connectivity index (χ0v) is 13.1. The van der Waals surface area contributed by atoms with Crippen LogP contribution in [0.15, 0.2) is 22.9 Å². The molecule has 1 aromatic heterocycles. The van der Waals surface area contributed by atoms with Gasteiger partial charge in [-0.2, -0.15) is 0 Å². The average Bonchev–Trinajstić information content (AvgIpc) is 2.31. The van der Waals surface area contributed by atoms with Crippen molar-refractivity contribution in [2.45, 2.75) is 18.1 Å². The molecule has 0 saturated carbocycles. The van der Waals surface area contributed by atoms with Crippen molar-refractivity contribution in [3.8, 4) is 0 Å². The Morgan fingerprint density at radius 2 is 1.89 bits per heavy atom. The van der Waals surface area contributed by atoms with E-state index in [2.05, 4.69) is 25.6 Å². The second-order valence-corrected chi connectivity index (χ2v) is 9.44. The maximum atomic E-state index is 12.1. The van der Waals surface area contributed by atoms with Crippen LogP contribution < -0.4 is 4.72 Å². The zero-order valence-electron chi connectivity index (χ0n) is 9.91. The van der Waals surface area contributed by atoms with E-state index in [1.807, 2.05) is 0 Å². The van der Waals surface area contributed by atoms with Gasteiger partial charge in [0.15, 0.2) is 0 Å². The molecule has 19 heavy (non-hydrogen) atoms. The number of nitrogens with one attached hydrogen (secondary N) is 1. The lowest BCUT2D eigenvalue weighted by Gasteiger charge is -2.22. The van der Waals surface area contributed by atoms with Crippen molar-refractivity contribution in [2.24, 2.45) is 0 Å². The first-order chi connectivity index (χ1) is 8.78. The first-order valence-electron chi connectivity index (χ1n) is 5.62. The third-order valence-electron chi connectivity index (χ3n) is 2.93. The van der Waals surface area contributed by atoms with Crippen molar-refractivity contribution < 1.29 is 16.8 Å². The number of halogens is 1. The summed E-state index contributed by atoms with van der Waals surface area (Å²) >= 11 is 3.16. The predicted octanol–water partition coefficient (Wildman–Crippen LogP) is 1.16. The second-order valence-electron chi connectivity index (χ2n) is 4.37. The Morgan fingerprint density at radius 3 is 2.42 bits per heavy atom. The summed E-state index contributed by atoms with van der Waals surface area (Å²) in [5, 5.41) is -0.667. The summed E-state index contributed by atoms with van der Waals surface area (Å²) in [6, 6.07) is 3.22. The van der Waals surface area contributed by atoms with Gasteiger partial charge in [0.25, 0.3) is 0 Å². The number of rotatable bonds is 3. The van der Waals surface area contributed by atoms with E-state index in [9.17, 15) is 16.8 Å². The SMILES string of the molecule is O=S1(=O)CCC(S(=O)(=O)Nc2ccc(Br)nc2)CC1. The van der Waals surface area contributed by atoms with Crippen LogP contribution in [0.2, 0.25) is 0 Å². The molecular weight excluding hydrogens is 356 g/mol. The highest BCUT2D eigenvalue weighted by molar-refractivity contribution is 9.10. The smallest absolute Gasteiger partial charge is 0.235 e. The summed E-state index contributed by atoms with van der Waals surface area (Å²) in [5.74, 6) is -0.145. The second kappa shape index (κ2) is 5.37. The van der Waals surface area contributed by atoms with Crippen molar-refractivity contribution in [2.75, 3.05) is 16.2 Å². The molecule has 1 saturated heterocycles. The first kappa shape index (κ1) is 14.7. The largest absolute Gasteiger partial charge is 0.282 e. The minimum Gasteiger partial charge on any atom is -0.282 e.